The van der Waals surface area contributed by atoms with Crippen molar-refractivity contribution in [3.63, 3.8) is 0 Å². The van der Waals surface area contributed by atoms with Gasteiger partial charge in [-0.1, -0.05) is 54.9 Å². The molecular formula is C30H41ClN4O5. The third kappa shape index (κ3) is 8.45. The lowest BCUT2D eigenvalue weighted by molar-refractivity contribution is -0.148. The Bertz CT molecular complexity index is 1230. The van der Waals surface area contributed by atoms with Crippen LogP contribution in [0.5, 0.6) is 0 Å². The largest absolute Gasteiger partial charge is 0.444 e. The zero-order chi connectivity index (χ0) is 30.4. The number of benzene rings is 2. The summed E-state index contributed by atoms with van der Waals surface area (Å²) in [6.07, 6.45) is -0.917. The first-order chi connectivity index (χ1) is 18.5. The normalized spacial score (nSPS) is 13.1. The van der Waals surface area contributed by atoms with Crippen LogP contribution in [0.25, 0.3) is 0 Å². The molecule has 4 amide bonds. The number of halogens is 1. The number of nitrogens with one attached hydrogen (secondary N) is 2. The van der Waals surface area contributed by atoms with Gasteiger partial charge in [-0.25, -0.2) is 4.79 Å². The van der Waals surface area contributed by atoms with Crippen LogP contribution in [-0.2, 0) is 19.1 Å². The van der Waals surface area contributed by atoms with E-state index >= 15 is 0 Å². The first-order valence-corrected chi connectivity index (χ1v) is 13.6. The summed E-state index contributed by atoms with van der Waals surface area (Å²) in [6.45, 7) is 14.2. The minimum Gasteiger partial charge on any atom is -0.444 e. The van der Waals surface area contributed by atoms with Crippen molar-refractivity contribution in [2.24, 2.45) is 5.73 Å². The molecule has 2 rings (SSSR count). The Morgan fingerprint density at radius 2 is 1.57 bits per heavy atom. The highest BCUT2D eigenvalue weighted by molar-refractivity contribution is 6.34. The third-order valence-electron chi connectivity index (χ3n) is 6.61. The zero-order valence-electron chi connectivity index (χ0n) is 24.6. The van der Waals surface area contributed by atoms with Crippen LogP contribution in [-0.4, -0.2) is 45.9 Å². The monoisotopic (exact) mass is 572 g/mol. The van der Waals surface area contributed by atoms with Gasteiger partial charge in [-0.2, -0.15) is 0 Å². The Balaban J connectivity index is 2.70. The first-order valence-electron chi connectivity index (χ1n) is 13.2. The van der Waals surface area contributed by atoms with Crippen molar-refractivity contribution in [2.75, 3.05) is 5.32 Å². The summed E-state index contributed by atoms with van der Waals surface area (Å²) in [5.41, 5.74) is 6.27. The van der Waals surface area contributed by atoms with Crippen molar-refractivity contribution >= 4 is 41.1 Å². The van der Waals surface area contributed by atoms with Crippen LogP contribution in [0.3, 0.4) is 0 Å². The molecule has 4 N–H and O–H groups in total. The summed E-state index contributed by atoms with van der Waals surface area (Å²) in [5, 5.41) is 5.77. The summed E-state index contributed by atoms with van der Waals surface area (Å²) < 4.78 is 5.34. The molecule has 0 radical (unpaired) electrons. The lowest BCUT2D eigenvalue weighted by atomic mass is 9.90. The molecule has 0 saturated heterocycles. The number of carbonyl (C=O) groups is 4. The van der Waals surface area contributed by atoms with Crippen molar-refractivity contribution in [3.05, 3.63) is 64.2 Å². The number of nitrogens with zero attached hydrogens (tertiary/aromatic N) is 1. The number of hydrogen-bond donors (Lipinski definition) is 3. The van der Waals surface area contributed by atoms with Crippen LogP contribution in [0.15, 0.2) is 42.5 Å². The number of ether oxygens (including phenoxy) is 1. The molecule has 0 bridgehead atoms. The van der Waals surface area contributed by atoms with Crippen molar-refractivity contribution in [1.29, 1.82) is 0 Å². The second-order valence-electron chi connectivity index (χ2n) is 11.4. The van der Waals surface area contributed by atoms with E-state index in [1.165, 1.54) is 4.90 Å². The summed E-state index contributed by atoms with van der Waals surface area (Å²) >= 11 is 6.42. The summed E-state index contributed by atoms with van der Waals surface area (Å²) in [7, 11) is 0. The molecule has 2 aromatic rings. The molecule has 218 valence electrons. The number of nitrogens with two attached hydrogens (primary N) is 1. The van der Waals surface area contributed by atoms with Crippen molar-refractivity contribution in [2.45, 2.75) is 91.5 Å². The lowest BCUT2D eigenvalue weighted by Gasteiger charge is -2.45. The number of anilines is 1. The predicted molar refractivity (Wildman–Crippen MR) is 157 cm³/mol. The van der Waals surface area contributed by atoms with Gasteiger partial charge in [0.25, 0.3) is 5.91 Å². The molecule has 0 aromatic heterocycles. The van der Waals surface area contributed by atoms with Gasteiger partial charge in [0.2, 0.25) is 11.8 Å². The van der Waals surface area contributed by atoms with Crippen LogP contribution < -0.4 is 16.4 Å². The average Bonchev–Trinajstić information content (AvgIpc) is 2.83. The van der Waals surface area contributed by atoms with E-state index in [0.29, 0.717) is 22.7 Å². The van der Waals surface area contributed by atoms with Crippen LogP contribution in [0.4, 0.5) is 10.5 Å². The maximum absolute atomic E-state index is 14.3. The lowest BCUT2D eigenvalue weighted by Crippen LogP contribution is -2.59. The van der Waals surface area contributed by atoms with Crippen LogP contribution in [0.2, 0.25) is 5.02 Å². The molecule has 0 aliphatic rings. The van der Waals surface area contributed by atoms with Crippen molar-refractivity contribution in [3.8, 4) is 0 Å². The van der Waals surface area contributed by atoms with Gasteiger partial charge in [0.05, 0.1) is 17.1 Å². The number of para-hydroxylation sites is 1. The predicted octanol–water partition coefficient (Wildman–Crippen LogP) is 5.42. The second-order valence-corrected chi connectivity index (χ2v) is 11.8. The fourth-order valence-corrected chi connectivity index (χ4v) is 4.51. The van der Waals surface area contributed by atoms with E-state index in [-0.39, 0.29) is 0 Å². The molecule has 40 heavy (non-hydrogen) atoms. The van der Waals surface area contributed by atoms with E-state index in [9.17, 15) is 19.2 Å². The molecule has 10 heteroatoms. The SMILES string of the molecule is CCC(C)(C)N(C(=O)C(CC(N)=O)NC(=O)OC(C)(C)C)C(C(=O)Nc1c(C)cccc1Cl)c1ccccc1C. The standard InChI is InChI=1S/C30H41ClN4O5/c1-9-30(7,8)35(27(38)22(17-23(32)36)33-28(39)40-29(4,5)6)25(20-15-11-10-13-18(20)2)26(37)34-24-19(3)14-12-16-21(24)31/h10-16,22,25H,9,17H2,1-8H3,(H2,32,36)(H,33,39)(H,34,37). The summed E-state index contributed by atoms with van der Waals surface area (Å²) in [4.78, 5) is 54.7. The molecule has 0 heterocycles. The van der Waals surface area contributed by atoms with Crippen LogP contribution in [0.1, 0.15) is 77.1 Å². The summed E-state index contributed by atoms with van der Waals surface area (Å²) in [6, 6.07) is 9.98. The van der Waals surface area contributed by atoms with E-state index in [1.807, 2.05) is 52.8 Å². The Kier molecular flexibility index (Phi) is 10.7. The average molecular weight is 573 g/mol. The quantitative estimate of drug-likeness (QED) is 0.350. The topological polar surface area (TPSA) is 131 Å². The maximum Gasteiger partial charge on any atom is 0.408 e. The van der Waals surface area contributed by atoms with Crippen molar-refractivity contribution in [1.82, 2.24) is 10.2 Å². The number of amides is 4. The van der Waals surface area contributed by atoms with Gasteiger partial charge >= 0.3 is 6.09 Å². The van der Waals surface area contributed by atoms with E-state index in [2.05, 4.69) is 10.6 Å². The molecule has 0 spiro atoms. The van der Waals surface area contributed by atoms with E-state index in [0.717, 1.165) is 11.1 Å². The van der Waals surface area contributed by atoms with Gasteiger partial charge in [0, 0.05) is 5.54 Å². The van der Waals surface area contributed by atoms with E-state index in [1.54, 1.807) is 45.0 Å². The van der Waals surface area contributed by atoms with Gasteiger partial charge in [0.1, 0.15) is 17.7 Å². The number of alkyl carbamates (subject to hydrolysis) is 1. The Morgan fingerprint density at radius 1 is 0.975 bits per heavy atom. The highest BCUT2D eigenvalue weighted by Crippen LogP contribution is 2.35. The Hall–Kier alpha value is -3.59. The highest BCUT2D eigenvalue weighted by atomic mass is 35.5. The number of hydrogen-bond acceptors (Lipinski definition) is 5. The molecule has 9 nitrogen and oxygen atoms in total. The fourth-order valence-electron chi connectivity index (χ4n) is 4.24. The number of carbonyl (C=O) groups excluding carboxylic acids is 4. The number of primary amides is 1. The zero-order valence-corrected chi connectivity index (χ0v) is 25.3. The molecule has 0 saturated carbocycles. The van der Waals surface area contributed by atoms with E-state index in [4.69, 9.17) is 22.1 Å². The fraction of sp³-hybridized carbons (Fsp3) is 0.467. The summed E-state index contributed by atoms with van der Waals surface area (Å²) in [5.74, 6) is -1.96. The molecule has 0 fully saturated rings. The van der Waals surface area contributed by atoms with Gasteiger partial charge in [0.15, 0.2) is 0 Å². The minimum atomic E-state index is -1.38. The highest BCUT2D eigenvalue weighted by Gasteiger charge is 2.44. The molecule has 2 unspecified atom stereocenters. The van der Waals surface area contributed by atoms with Crippen molar-refractivity contribution < 1.29 is 23.9 Å². The molecule has 0 aliphatic heterocycles. The second kappa shape index (κ2) is 13.2. The Morgan fingerprint density at radius 3 is 2.10 bits per heavy atom. The first kappa shape index (κ1) is 32.6. The number of rotatable bonds is 10. The number of aryl methyl sites for hydroxylation is 2. The smallest absolute Gasteiger partial charge is 0.408 e. The van der Waals surface area contributed by atoms with Gasteiger partial charge in [-0.05, 0) is 77.6 Å². The van der Waals surface area contributed by atoms with Gasteiger partial charge < -0.3 is 26.0 Å². The molecular weight excluding hydrogens is 532 g/mol. The van der Waals surface area contributed by atoms with Crippen LogP contribution >= 0.6 is 11.6 Å². The molecule has 0 aliphatic carbocycles. The van der Waals surface area contributed by atoms with Gasteiger partial charge in [-0.3, -0.25) is 14.4 Å². The van der Waals surface area contributed by atoms with Gasteiger partial charge in [-0.15, -0.1) is 0 Å². The van der Waals surface area contributed by atoms with E-state index < -0.39 is 53.5 Å². The minimum absolute atomic E-state index is 0.350. The molecule has 2 atom stereocenters. The van der Waals surface area contributed by atoms with Crippen LogP contribution in [0, 0.1) is 13.8 Å². The third-order valence-corrected chi connectivity index (χ3v) is 6.92. The Labute approximate surface area is 241 Å². The maximum atomic E-state index is 14.3. The molecule has 2 aromatic carbocycles.